The van der Waals surface area contributed by atoms with Gasteiger partial charge in [0.2, 0.25) is 27.6 Å². The van der Waals surface area contributed by atoms with Crippen LogP contribution < -0.4 is 4.31 Å². The Morgan fingerprint density at radius 1 is 1.27 bits per heavy atom. The van der Waals surface area contributed by atoms with Crippen LogP contribution in [0.3, 0.4) is 0 Å². The van der Waals surface area contributed by atoms with Gasteiger partial charge in [0.25, 0.3) is 0 Å². The van der Waals surface area contributed by atoms with Crippen molar-refractivity contribution in [2.45, 2.75) is 33.4 Å². The zero-order valence-corrected chi connectivity index (χ0v) is 18.9. The number of hydrogen-bond donors (Lipinski definition) is 0. The average Bonchev–Trinajstić information content (AvgIpc) is 3.36. The first-order valence-corrected chi connectivity index (χ1v) is 12.1. The summed E-state index contributed by atoms with van der Waals surface area (Å²) >= 11 is 1.49. The van der Waals surface area contributed by atoms with Gasteiger partial charge in [0.05, 0.1) is 16.8 Å². The van der Waals surface area contributed by atoms with Gasteiger partial charge in [-0.2, -0.15) is 4.98 Å². The molecule has 2 aromatic heterocycles. The molecule has 1 aromatic carbocycles. The van der Waals surface area contributed by atoms with Crippen LogP contribution in [0.5, 0.6) is 0 Å². The maximum Gasteiger partial charge on any atom is 0.246 e. The number of carbonyl (C=O) groups excluding carboxylic acids is 1. The summed E-state index contributed by atoms with van der Waals surface area (Å²) in [6.07, 6.45) is 1.10. The van der Waals surface area contributed by atoms with E-state index in [-0.39, 0.29) is 12.5 Å². The van der Waals surface area contributed by atoms with E-state index >= 15 is 0 Å². The summed E-state index contributed by atoms with van der Waals surface area (Å²) in [6, 6.07) is 9.91. The number of aryl methyl sites for hydroxylation is 1. The molecule has 0 bridgehead atoms. The van der Waals surface area contributed by atoms with Gasteiger partial charge in [-0.25, -0.2) is 8.42 Å². The maximum absolute atomic E-state index is 13.2. The van der Waals surface area contributed by atoms with Crippen LogP contribution in [0, 0.1) is 6.92 Å². The van der Waals surface area contributed by atoms with E-state index in [1.54, 1.807) is 25.1 Å². The molecule has 0 radical (unpaired) electrons. The number of sulfonamides is 1. The second kappa shape index (κ2) is 8.97. The van der Waals surface area contributed by atoms with Gasteiger partial charge in [-0.05, 0) is 49.9 Å². The number of likely N-dealkylation sites (N-methyl/N-ethyl adjacent to an activating group) is 1. The van der Waals surface area contributed by atoms with E-state index < -0.39 is 16.1 Å². The Hall–Kier alpha value is -2.72. The molecular formula is C20H24N4O4S2. The molecule has 0 saturated heterocycles. The van der Waals surface area contributed by atoms with Crippen molar-refractivity contribution in [1.82, 2.24) is 15.0 Å². The number of anilines is 1. The highest BCUT2D eigenvalue weighted by atomic mass is 32.2. The molecule has 3 rings (SSSR count). The lowest BCUT2D eigenvalue weighted by Crippen LogP contribution is -2.49. The van der Waals surface area contributed by atoms with E-state index in [0.29, 0.717) is 23.9 Å². The fourth-order valence-corrected chi connectivity index (χ4v) is 4.98. The molecule has 0 aliphatic rings. The molecular weight excluding hydrogens is 424 g/mol. The van der Waals surface area contributed by atoms with Crippen LogP contribution in [0.1, 0.15) is 25.3 Å². The van der Waals surface area contributed by atoms with Crippen molar-refractivity contribution in [2.75, 3.05) is 17.1 Å². The first-order valence-electron chi connectivity index (χ1n) is 9.42. The summed E-state index contributed by atoms with van der Waals surface area (Å²) in [5.41, 5.74) is 1.35. The molecule has 0 saturated carbocycles. The summed E-state index contributed by atoms with van der Waals surface area (Å²) in [4.78, 5) is 19.9. The number of hydrogen-bond acceptors (Lipinski definition) is 7. The molecule has 0 fully saturated rings. The fourth-order valence-electron chi connectivity index (χ4n) is 3.17. The number of thiophene rings is 1. The second-order valence-electron chi connectivity index (χ2n) is 6.92. The van der Waals surface area contributed by atoms with Crippen LogP contribution in [0.2, 0.25) is 0 Å². The molecule has 8 nitrogen and oxygen atoms in total. The largest absolute Gasteiger partial charge is 0.337 e. The zero-order valence-electron chi connectivity index (χ0n) is 17.3. The zero-order chi connectivity index (χ0) is 21.9. The Morgan fingerprint density at radius 2 is 2.03 bits per heavy atom. The fraction of sp³-hybridized carbons (Fsp3) is 0.350. The van der Waals surface area contributed by atoms with E-state index in [4.69, 9.17) is 4.52 Å². The van der Waals surface area contributed by atoms with Crippen molar-refractivity contribution >= 4 is 33.0 Å². The molecule has 0 aliphatic heterocycles. The lowest BCUT2D eigenvalue weighted by molar-refractivity contribution is -0.132. The van der Waals surface area contributed by atoms with Gasteiger partial charge in [0.15, 0.2) is 0 Å². The van der Waals surface area contributed by atoms with Gasteiger partial charge >= 0.3 is 0 Å². The molecule has 160 valence electrons. The van der Waals surface area contributed by atoms with Gasteiger partial charge in [0.1, 0.15) is 12.6 Å². The third-order valence-corrected chi connectivity index (χ3v) is 6.66. The molecule has 0 aliphatic carbocycles. The summed E-state index contributed by atoms with van der Waals surface area (Å²) in [5.74, 6) is 0.414. The minimum atomic E-state index is -3.68. The number of nitrogens with zero attached hydrogens (tertiary/aromatic N) is 4. The van der Waals surface area contributed by atoms with Gasteiger partial charge in [-0.3, -0.25) is 9.10 Å². The monoisotopic (exact) mass is 448 g/mol. The molecule has 0 spiro atoms. The highest BCUT2D eigenvalue weighted by Gasteiger charge is 2.32. The van der Waals surface area contributed by atoms with Crippen molar-refractivity contribution < 1.29 is 17.7 Å². The summed E-state index contributed by atoms with van der Waals surface area (Å²) < 4.78 is 31.5. The topological polar surface area (TPSA) is 96.6 Å². The van der Waals surface area contributed by atoms with Crippen LogP contribution in [-0.2, 0) is 21.4 Å². The van der Waals surface area contributed by atoms with Crippen LogP contribution in [0.25, 0.3) is 10.7 Å². The normalized spacial score (nSPS) is 12.5. The van der Waals surface area contributed by atoms with Gasteiger partial charge in [-0.1, -0.05) is 23.4 Å². The SMILES string of the molecule is CCN(Cc1nc(-c2cccs2)no1)C(=O)[C@H](C)N(c1cccc(C)c1)S(C)(=O)=O. The molecule has 30 heavy (non-hydrogen) atoms. The van der Waals surface area contributed by atoms with Gasteiger partial charge in [-0.15, -0.1) is 11.3 Å². The number of amides is 1. The highest BCUT2D eigenvalue weighted by Crippen LogP contribution is 2.24. The van der Waals surface area contributed by atoms with Crippen LogP contribution in [0.15, 0.2) is 46.3 Å². The predicted molar refractivity (Wildman–Crippen MR) is 117 cm³/mol. The Morgan fingerprint density at radius 3 is 2.63 bits per heavy atom. The first kappa shape index (κ1) is 22.0. The van der Waals surface area contributed by atoms with Crippen molar-refractivity contribution in [3.63, 3.8) is 0 Å². The predicted octanol–water partition coefficient (Wildman–Crippen LogP) is 3.31. The molecule has 3 aromatic rings. The van der Waals surface area contributed by atoms with E-state index in [9.17, 15) is 13.2 Å². The third kappa shape index (κ3) is 4.88. The second-order valence-corrected chi connectivity index (χ2v) is 9.72. The van der Waals surface area contributed by atoms with Gasteiger partial charge < -0.3 is 9.42 Å². The van der Waals surface area contributed by atoms with Crippen molar-refractivity contribution in [1.29, 1.82) is 0 Å². The molecule has 1 amide bonds. The van der Waals surface area contributed by atoms with Crippen molar-refractivity contribution in [2.24, 2.45) is 0 Å². The molecule has 0 unspecified atom stereocenters. The lowest BCUT2D eigenvalue weighted by Gasteiger charge is -2.32. The molecule has 2 heterocycles. The number of benzene rings is 1. The van der Waals surface area contributed by atoms with E-state index in [0.717, 1.165) is 21.0 Å². The smallest absolute Gasteiger partial charge is 0.246 e. The third-order valence-electron chi connectivity index (χ3n) is 4.55. The molecule has 0 N–H and O–H groups in total. The van der Waals surface area contributed by atoms with E-state index in [1.165, 1.54) is 16.2 Å². The number of aromatic nitrogens is 2. The van der Waals surface area contributed by atoms with Crippen LogP contribution in [0.4, 0.5) is 5.69 Å². The van der Waals surface area contributed by atoms with Gasteiger partial charge in [0, 0.05) is 6.54 Å². The Balaban J connectivity index is 1.82. The quantitative estimate of drug-likeness (QED) is 0.524. The molecule has 1 atom stereocenters. The Bertz CT molecular complexity index is 1110. The number of carbonyl (C=O) groups is 1. The Kier molecular flexibility index (Phi) is 6.57. The highest BCUT2D eigenvalue weighted by molar-refractivity contribution is 7.92. The summed E-state index contributed by atoms with van der Waals surface area (Å²) in [5, 5.41) is 5.88. The molecule has 10 heteroatoms. The Labute approximate surface area is 180 Å². The van der Waals surface area contributed by atoms with Crippen molar-refractivity contribution in [3.05, 3.63) is 53.2 Å². The first-order chi connectivity index (χ1) is 14.2. The summed E-state index contributed by atoms with van der Waals surface area (Å²) in [7, 11) is -3.68. The number of rotatable bonds is 8. The van der Waals surface area contributed by atoms with Crippen molar-refractivity contribution in [3.8, 4) is 10.7 Å². The lowest BCUT2D eigenvalue weighted by atomic mass is 10.2. The van der Waals surface area contributed by atoms with E-state index in [1.807, 2.05) is 37.4 Å². The average molecular weight is 449 g/mol. The minimum absolute atomic E-state index is 0.101. The standard InChI is InChI=1S/C20H24N4O4S2/c1-5-23(13-18-21-19(22-28-18)17-10-7-11-29-17)20(25)15(3)24(30(4,26)27)16-9-6-8-14(2)12-16/h6-12,15H,5,13H2,1-4H3/t15-/m0/s1. The summed E-state index contributed by atoms with van der Waals surface area (Å²) in [6.45, 7) is 5.74. The van der Waals surface area contributed by atoms with Crippen LogP contribution >= 0.6 is 11.3 Å². The van der Waals surface area contributed by atoms with Crippen LogP contribution in [-0.4, -0.2) is 48.2 Å². The minimum Gasteiger partial charge on any atom is -0.337 e. The maximum atomic E-state index is 13.2. The van der Waals surface area contributed by atoms with E-state index in [2.05, 4.69) is 10.1 Å².